The van der Waals surface area contributed by atoms with Crippen molar-refractivity contribution < 1.29 is 9.47 Å². The first kappa shape index (κ1) is 15.7. The van der Waals surface area contributed by atoms with Crippen molar-refractivity contribution in [3.05, 3.63) is 36.5 Å². The Hall–Kier alpha value is -1.65. The van der Waals surface area contributed by atoms with E-state index < -0.39 is 0 Å². The number of ether oxygens (including phenoxy) is 2. The Morgan fingerprint density at radius 2 is 1.90 bits per heavy atom. The van der Waals surface area contributed by atoms with Crippen LogP contribution in [-0.2, 0) is 4.74 Å². The van der Waals surface area contributed by atoms with Crippen LogP contribution >= 0.6 is 0 Å². The van der Waals surface area contributed by atoms with E-state index in [0.717, 1.165) is 49.4 Å². The lowest BCUT2D eigenvalue weighted by Gasteiger charge is -2.09. The largest absolute Gasteiger partial charge is 0.490 e. The molecule has 0 aliphatic heterocycles. The molecule has 0 fully saturated rings. The summed E-state index contributed by atoms with van der Waals surface area (Å²) in [7, 11) is 0. The topological polar surface area (TPSA) is 43.4 Å². The Balaban J connectivity index is 1.64. The lowest BCUT2D eigenvalue weighted by Crippen LogP contribution is -2.25. The van der Waals surface area contributed by atoms with Crippen molar-refractivity contribution in [1.29, 1.82) is 0 Å². The first-order chi connectivity index (χ1) is 10.4. The Labute approximate surface area is 126 Å². The first-order valence-electron chi connectivity index (χ1n) is 7.67. The summed E-state index contributed by atoms with van der Waals surface area (Å²) in [6, 6.07) is 9.98. The van der Waals surface area contributed by atoms with E-state index in [4.69, 9.17) is 9.47 Å². The first-order valence-corrected chi connectivity index (χ1v) is 7.67. The van der Waals surface area contributed by atoms with Crippen LogP contribution in [0.2, 0.25) is 0 Å². The van der Waals surface area contributed by atoms with E-state index in [0.29, 0.717) is 6.61 Å². The highest BCUT2D eigenvalue weighted by molar-refractivity contribution is 5.84. The van der Waals surface area contributed by atoms with Crippen LogP contribution in [-0.4, -0.2) is 37.9 Å². The number of nitrogens with zero attached hydrogens (tertiary/aromatic N) is 1. The third-order valence-corrected chi connectivity index (χ3v) is 3.20. The predicted octanol–water partition coefficient (Wildman–Crippen LogP) is 3.02. The van der Waals surface area contributed by atoms with Gasteiger partial charge in [-0.3, -0.25) is 4.98 Å². The van der Waals surface area contributed by atoms with E-state index in [1.165, 1.54) is 6.42 Å². The molecule has 0 saturated heterocycles. The molecule has 1 aromatic heterocycles. The number of aromatic nitrogens is 1. The van der Waals surface area contributed by atoms with Crippen LogP contribution in [0.4, 0.5) is 0 Å². The van der Waals surface area contributed by atoms with Gasteiger partial charge in [0.15, 0.2) is 0 Å². The fraction of sp³-hybridized carbons (Fsp3) is 0.471. The molecule has 4 heteroatoms. The third kappa shape index (κ3) is 5.33. The molecule has 0 bridgehead atoms. The number of nitrogens with one attached hydrogen (secondary N) is 1. The van der Waals surface area contributed by atoms with Crippen molar-refractivity contribution >= 4 is 10.9 Å². The minimum atomic E-state index is 0.630. The molecule has 1 heterocycles. The summed E-state index contributed by atoms with van der Waals surface area (Å²) in [6.07, 6.45) is 4.11. The van der Waals surface area contributed by atoms with E-state index >= 15 is 0 Å². The highest BCUT2D eigenvalue weighted by Gasteiger charge is 2.01. The van der Waals surface area contributed by atoms with Crippen LogP contribution in [0, 0.1) is 0 Å². The maximum atomic E-state index is 5.80. The zero-order chi connectivity index (χ0) is 14.8. The molecule has 0 aliphatic carbocycles. The fourth-order valence-electron chi connectivity index (χ4n) is 2.04. The monoisotopic (exact) mass is 288 g/mol. The lowest BCUT2D eigenvalue weighted by molar-refractivity contribution is 0.132. The van der Waals surface area contributed by atoms with Crippen LogP contribution in [0.25, 0.3) is 10.9 Å². The molecule has 0 atom stereocenters. The average Bonchev–Trinajstić information content (AvgIpc) is 2.53. The fourth-order valence-corrected chi connectivity index (χ4v) is 2.04. The molecule has 0 amide bonds. The molecule has 0 radical (unpaired) electrons. The van der Waals surface area contributed by atoms with Gasteiger partial charge in [0, 0.05) is 31.3 Å². The lowest BCUT2D eigenvalue weighted by atomic mass is 10.2. The molecule has 0 unspecified atom stereocenters. The molecule has 2 rings (SSSR count). The van der Waals surface area contributed by atoms with Gasteiger partial charge in [-0.25, -0.2) is 0 Å². The smallest absolute Gasteiger partial charge is 0.145 e. The van der Waals surface area contributed by atoms with Crippen molar-refractivity contribution in [2.75, 3.05) is 32.9 Å². The van der Waals surface area contributed by atoms with Crippen LogP contribution < -0.4 is 10.1 Å². The molecular weight excluding hydrogens is 264 g/mol. The van der Waals surface area contributed by atoms with Gasteiger partial charge in [-0.1, -0.05) is 31.5 Å². The van der Waals surface area contributed by atoms with Gasteiger partial charge < -0.3 is 14.8 Å². The van der Waals surface area contributed by atoms with Gasteiger partial charge in [0.25, 0.3) is 0 Å². The molecule has 4 nitrogen and oxygen atoms in total. The Morgan fingerprint density at radius 3 is 2.81 bits per heavy atom. The summed E-state index contributed by atoms with van der Waals surface area (Å²) in [6.45, 7) is 6.08. The quantitative estimate of drug-likeness (QED) is 0.683. The highest BCUT2D eigenvalue weighted by atomic mass is 16.5. The van der Waals surface area contributed by atoms with Crippen LogP contribution in [0.1, 0.15) is 19.8 Å². The second-order valence-corrected chi connectivity index (χ2v) is 4.90. The van der Waals surface area contributed by atoms with Crippen molar-refractivity contribution in [1.82, 2.24) is 10.3 Å². The Kier molecular flexibility index (Phi) is 6.98. The Morgan fingerprint density at radius 1 is 1.05 bits per heavy atom. The zero-order valence-electron chi connectivity index (χ0n) is 12.7. The van der Waals surface area contributed by atoms with Crippen LogP contribution in [0.3, 0.4) is 0 Å². The average molecular weight is 288 g/mol. The summed E-state index contributed by atoms with van der Waals surface area (Å²) in [5, 5.41) is 4.41. The van der Waals surface area contributed by atoms with E-state index in [1.807, 2.05) is 30.3 Å². The molecule has 0 saturated carbocycles. The molecule has 0 spiro atoms. The Bertz CT molecular complexity index is 526. The predicted molar refractivity (Wildman–Crippen MR) is 85.8 cm³/mol. The van der Waals surface area contributed by atoms with Crippen molar-refractivity contribution in [3.63, 3.8) is 0 Å². The summed E-state index contributed by atoms with van der Waals surface area (Å²) in [4.78, 5) is 4.37. The van der Waals surface area contributed by atoms with E-state index in [9.17, 15) is 0 Å². The summed E-state index contributed by atoms with van der Waals surface area (Å²) < 4.78 is 11.3. The number of pyridine rings is 1. The minimum absolute atomic E-state index is 0.630. The van der Waals surface area contributed by atoms with E-state index in [1.54, 1.807) is 6.20 Å². The van der Waals surface area contributed by atoms with Crippen molar-refractivity contribution in [2.24, 2.45) is 0 Å². The van der Waals surface area contributed by atoms with Gasteiger partial charge in [-0.05, 0) is 18.6 Å². The maximum absolute atomic E-state index is 5.80. The molecule has 114 valence electrons. The molecular formula is C17H24N2O2. The minimum Gasteiger partial charge on any atom is -0.490 e. The number of fused-ring (bicyclic) bond motifs is 1. The van der Waals surface area contributed by atoms with Gasteiger partial charge >= 0.3 is 0 Å². The van der Waals surface area contributed by atoms with Crippen molar-refractivity contribution in [3.8, 4) is 5.75 Å². The summed E-state index contributed by atoms with van der Waals surface area (Å²) in [5.74, 6) is 0.842. The molecule has 21 heavy (non-hydrogen) atoms. The molecule has 0 aliphatic rings. The van der Waals surface area contributed by atoms with Gasteiger partial charge in [0.2, 0.25) is 0 Å². The number of hydrogen-bond acceptors (Lipinski definition) is 4. The number of benzene rings is 1. The van der Waals surface area contributed by atoms with E-state index in [2.05, 4.69) is 17.2 Å². The SMILES string of the molecule is CCCCOCCNCCOc1cccc2cccnc12. The second kappa shape index (κ2) is 9.32. The normalized spacial score (nSPS) is 10.9. The molecule has 1 N–H and O–H groups in total. The standard InChI is InChI=1S/C17H24N2O2/c1-2-3-12-20-13-10-18-11-14-21-16-8-4-6-15-7-5-9-19-17(15)16/h4-9,18H,2-3,10-14H2,1H3. The van der Waals surface area contributed by atoms with Gasteiger partial charge in [-0.15, -0.1) is 0 Å². The highest BCUT2D eigenvalue weighted by Crippen LogP contribution is 2.22. The van der Waals surface area contributed by atoms with Gasteiger partial charge in [0.05, 0.1) is 6.61 Å². The van der Waals surface area contributed by atoms with Crippen LogP contribution in [0.15, 0.2) is 36.5 Å². The second-order valence-electron chi connectivity index (χ2n) is 4.90. The summed E-state index contributed by atoms with van der Waals surface area (Å²) >= 11 is 0. The maximum Gasteiger partial charge on any atom is 0.145 e. The van der Waals surface area contributed by atoms with E-state index in [-0.39, 0.29) is 0 Å². The van der Waals surface area contributed by atoms with Crippen molar-refractivity contribution in [2.45, 2.75) is 19.8 Å². The van der Waals surface area contributed by atoms with Gasteiger partial charge in [0.1, 0.15) is 17.9 Å². The molecule has 2 aromatic rings. The number of hydrogen-bond donors (Lipinski definition) is 1. The van der Waals surface area contributed by atoms with Gasteiger partial charge in [-0.2, -0.15) is 0 Å². The number of unbranched alkanes of at least 4 members (excludes halogenated alkanes) is 1. The molecule has 1 aromatic carbocycles. The summed E-state index contributed by atoms with van der Waals surface area (Å²) in [5.41, 5.74) is 0.919. The number of rotatable bonds is 10. The van der Waals surface area contributed by atoms with Crippen LogP contribution in [0.5, 0.6) is 5.75 Å². The third-order valence-electron chi connectivity index (χ3n) is 3.20. The zero-order valence-corrected chi connectivity index (χ0v) is 12.7. The number of para-hydroxylation sites is 1.